The molecule has 11 aromatic rings. The number of fused-ring (bicyclic) bond motifs is 4. The van der Waals surface area contributed by atoms with Gasteiger partial charge in [-0.1, -0.05) is 202 Å². The molecule has 0 saturated carbocycles. The molecule has 0 N–H and O–H groups in total. The summed E-state index contributed by atoms with van der Waals surface area (Å²) in [6.45, 7) is 9.20. The van der Waals surface area contributed by atoms with Gasteiger partial charge in [-0.2, -0.15) is 0 Å². The second-order valence-electron chi connectivity index (χ2n) is 21.5. The molecule has 398 valence electrons. The molecule has 0 saturated heterocycles. The zero-order valence-electron chi connectivity index (χ0n) is 46.3. The van der Waals surface area contributed by atoms with Gasteiger partial charge in [0.1, 0.15) is 20.0 Å². The molecule has 0 fully saturated rings. The molecule has 0 aliphatic carbocycles. The maximum atomic E-state index is 5.05. The minimum Gasteiger partial charge on any atom is -0.244 e. The minimum atomic E-state index is 1.01. The van der Waals surface area contributed by atoms with Crippen LogP contribution in [0.2, 0.25) is 0 Å². The van der Waals surface area contributed by atoms with Crippen LogP contribution in [0.4, 0.5) is 0 Å². The molecule has 4 heterocycles. The molecule has 0 amide bonds. The van der Waals surface area contributed by atoms with Gasteiger partial charge in [-0.25, -0.2) is 19.9 Å². The second kappa shape index (κ2) is 25.9. The molecule has 0 aliphatic heterocycles. The molecule has 8 heteroatoms. The molecule has 0 spiro atoms. The average molecular weight is 1100 g/mol. The zero-order valence-corrected chi connectivity index (χ0v) is 49.5. The Kier molecular flexibility index (Phi) is 18.0. The predicted molar refractivity (Wildman–Crippen MR) is 343 cm³/mol. The van der Waals surface area contributed by atoms with Gasteiger partial charge in [0.05, 0.1) is 19.5 Å². The first-order valence-corrected chi connectivity index (χ1v) is 32.7. The number of aryl methyl sites for hydroxylation is 4. The van der Waals surface area contributed by atoms with Crippen molar-refractivity contribution < 1.29 is 0 Å². The number of rotatable bonds is 26. The maximum Gasteiger partial charge on any atom is 0.123 e. The van der Waals surface area contributed by atoms with E-state index in [-0.39, 0.29) is 0 Å². The van der Waals surface area contributed by atoms with Crippen LogP contribution in [-0.2, 0) is 25.7 Å². The molecule has 0 unspecified atom stereocenters. The van der Waals surface area contributed by atoms with Crippen molar-refractivity contribution in [2.45, 2.75) is 156 Å². The van der Waals surface area contributed by atoms with Crippen molar-refractivity contribution in [2.24, 2.45) is 0 Å². The van der Waals surface area contributed by atoms with Gasteiger partial charge in [0.2, 0.25) is 0 Å². The fourth-order valence-corrected chi connectivity index (χ4v) is 15.6. The van der Waals surface area contributed by atoms with Crippen molar-refractivity contribution in [2.75, 3.05) is 0 Å². The molecule has 11 rings (SSSR count). The van der Waals surface area contributed by atoms with Crippen LogP contribution >= 0.6 is 45.3 Å². The van der Waals surface area contributed by atoms with E-state index in [0.717, 1.165) is 76.3 Å². The third kappa shape index (κ3) is 11.8. The number of aromatic nitrogens is 4. The van der Waals surface area contributed by atoms with Crippen LogP contribution in [0.25, 0.3) is 105 Å². The lowest BCUT2D eigenvalue weighted by molar-refractivity contribution is 0.668. The number of thiazole rings is 4. The van der Waals surface area contributed by atoms with E-state index in [1.54, 1.807) is 45.3 Å². The van der Waals surface area contributed by atoms with E-state index in [2.05, 4.69) is 137 Å². The summed E-state index contributed by atoms with van der Waals surface area (Å²) in [5.74, 6) is 0. The van der Waals surface area contributed by atoms with E-state index in [9.17, 15) is 0 Å². The fraction of sp³-hybridized carbons (Fsp3) is 0.343. The first kappa shape index (κ1) is 54.1. The summed E-state index contributed by atoms with van der Waals surface area (Å²) in [4.78, 5) is 24.6. The Morgan fingerprint density at radius 2 is 0.526 bits per heavy atom. The molecule has 4 aromatic heterocycles. The Balaban J connectivity index is 0.808. The van der Waals surface area contributed by atoms with Gasteiger partial charge in [-0.3, -0.25) is 0 Å². The highest BCUT2D eigenvalue weighted by Crippen LogP contribution is 2.44. The first-order chi connectivity index (χ1) is 38.5. The van der Waals surface area contributed by atoms with Crippen molar-refractivity contribution in [1.82, 2.24) is 19.9 Å². The lowest BCUT2D eigenvalue weighted by Gasteiger charge is -2.18. The lowest BCUT2D eigenvalue weighted by Crippen LogP contribution is -1.98. The van der Waals surface area contributed by atoms with E-state index in [0.29, 0.717) is 0 Å². The summed E-state index contributed by atoms with van der Waals surface area (Å²) in [5.41, 5.74) is 10.7. The summed E-state index contributed by atoms with van der Waals surface area (Å²) in [7, 11) is 0. The maximum absolute atomic E-state index is 5.05. The largest absolute Gasteiger partial charge is 0.244 e. The monoisotopic (exact) mass is 1100 g/mol. The SMILES string of the molecule is CCCCCCc1c2ccccc2c(CCCCCC)c2cc(-c3ncc(-c4cnc(-c5ccc(-c6ncc(-c7cnc(-c8ccc9c(CCCCCC)c%10ccccc%10c(CCCCCC)c9c8)s7)s6)cc5)s4)s3)ccc12. The van der Waals surface area contributed by atoms with Gasteiger partial charge in [-0.15, -0.1) is 45.3 Å². The minimum absolute atomic E-state index is 1.01. The molecular weight excluding hydrogens is 1030 g/mol. The topological polar surface area (TPSA) is 51.6 Å². The van der Waals surface area contributed by atoms with Crippen molar-refractivity contribution >= 4 is 88.4 Å². The van der Waals surface area contributed by atoms with Crippen LogP contribution in [0.3, 0.4) is 0 Å². The van der Waals surface area contributed by atoms with Crippen LogP contribution in [0, 0.1) is 0 Å². The number of hydrogen-bond donors (Lipinski definition) is 0. The van der Waals surface area contributed by atoms with Crippen LogP contribution in [0.1, 0.15) is 153 Å². The molecule has 0 bridgehead atoms. The Labute approximate surface area is 479 Å². The van der Waals surface area contributed by atoms with Gasteiger partial charge in [0.25, 0.3) is 0 Å². The third-order valence-corrected chi connectivity index (χ3v) is 20.6. The summed E-state index contributed by atoms with van der Waals surface area (Å²) in [5, 5.41) is 15.6. The molecule has 4 nitrogen and oxygen atoms in total. The standard InChI is InChI=1S/C70H74N4S4/c1-5-9-13-17-25-55-51-29-21-23-31-53(51)57(27-19-15-11-7-3)61-41-49(37-39-59(55)61)69-73-45-65(77-69)63-43-71-67(75-63)47-33-35-48(36-34-47)68-72-44-64(76-68)66-46-74-70(78-66)50-38-40-60-56(26-18-14-10-6-2)52-30-22-24-32-54(52)58(62(60)42-50)28-20-16-12-8-4/h21-24,29-46H,5-20,25-28H2,1-4H3. The fourth-order valence-electron chi connectivity index (χ4n) is 11.8. The average Bonchev–Trinajstić information content (AvgIpc) is 4.48. The number of benzene rings is 7. The number of nitrogens with zero attached hydrogens (tertiary/aromatic N) is 4. The molecule has 0 radical (unpaired) electrons. The number of hydrogen-bond acceptors (Lipinski definition) is 8. The third-order valence-electron chi connectivity index (χ3n) is 16.0. The van der Waals surface area contributed by atoms with E-state index in [1.807, 2.05) is 24.8 Å². The summed E-state index contributed by atoms with van der Waals surface area (Å²) in [6.07, 6.45) is 32.8. The Morgan fingerprint density at radius 3 is 0.821 bits per heavy atom. The molecule has 7 aromatic carbocycles. The summed E-state index contributed by atoms with van der Waals surface area (Å²) < 4.78 is 0. The molecule has 78 heavy (non-hydrogen) atoms. The van der Waals surface area contributed by atoms with Gasteiger partial charge in [0, 0.05) is 47.0 Å². The van der Waals surface area contributed by atoms with Gasteiger partial charge < -0.3 is 0 Å². The first-order valence-electron chi connectivity index (χ1n) is 29.4. The zero-order chi connectivity index (χ0) is 53.2. The molecule has 0 atom stereocenters. The van der Waals surface area contributed by atoms with E-state index in [4.69, 9.17) is 19.9 Å². The smallest absolute Gasteiger partial charge is 0.123 e. The van der Waals surface area contributed by atoms with Crippen molar-refractivity contribution in [3.63, 3.8) is 0 Å². The van der Waals surface area contributed by atoms with Gasteiger partial charge in [0.15, 0.2) is 0 Å². The van der Waals surface area contributed by atoms with Gasteiger partial charge in [-0.05, 0) is 129 Å². The summed E-state index contributed by atoms with van der Waals surface area (Å²) in [6, 6.07) is 41.5. The number of unbranched alkanes of at least 4 members (excludes halogenated alkanes) is 12. The molecule has 0 aliphatic rings. The Morgan fingerprint density at radius 1 is 0.269 bits per heavy atom. The Bertz CT molecular complexity index is 3530. The van der Waals surface area contributed by atoms with Crippen LogP contribution in [0.15, 0.2) is 134 Å². The van der Waals surface area contributed by atoms with E-state index < -0.39 is 0 Å². The van der Waals surface area contributed by atoms with Crippen LogP contribution in [0.5, 0.6) is 0 Å². The van der Waals surface area contributed by atoms with E-state index >= 15 is 0 Å². The normalized spacial score (nSPS) is 11.8. The highest BCUT2D eigenvalue weighted by atomic mass is 32.1. The van der Waals surface area contributed by atoms with Crippen LogP contribution in [-0.4, -0.2) is 19.9 Å². The van der Waals surface area contributed by atoms with Crippen LogP contribution < -0.4 is 0 Å². The van der Waals surface area contributed by atoms with Gasteiger partial charge >= 0.3 is 0 Å². The van der Waals surface area contributed by atoms with E-state index in [1.165, 1.54) is 179 Å². The molecular formula is C70H74N4S4. The van der Waals surface area contributed by atoms with Crippen molar-refractivity contribution in [3.05, 3.63) is 156 Å². The van der Waals surface area contributed by atoms with Crippen molar-refractivity contribution in [1.29, 1.82) is 0 Å². The Hall–Kier alpha value is -5.90. The predicted octanol–water partition coefficient (Wildman–Crippen LogP) is 22.6. The second-order valence-corrected chi connectivity index (χ2v) is 25.6. The quantitative estimate of drug-likeness (QED) is 0.0400. The summed E-state index contributed by atoms with van der Waals surface area (Å²) >= 11 is 7.01. The highest BCUT2D eigenvalue weighted by molar-refractivity contribution is 7.25. The highest BCUT2D eigenvalue weighted by Gasteiger charge is 2.20. The van der Waals surface area contributed by atoms with Crippen molar-refractivity contribution in [3.8, 4) is 61.8 Å². The lowest BCUT2D eigenvalue weighted by atomic mass is 9.86.